The lowest BCUT2D eigenvalue weighted by atomic mass is 10.1. The maximum Gasteiger partial charge on any atom is 0.280 e. The van der Waals surface area contributed by atoms with Crippen molar-refractivity contribution in [3.05, 3.63) is 47.9 Å². The molecule has 0 bridgehead atoms. The molecule has 0 saturated carbocycles. The smallest absolute Gasteiger partial charge is 0.211 e. The second-order valence-corrected chi connectivity index (χ2v) is 4.20. The minimum Gasteiger partial charge on any atom is -0.211 e. The molecule has 0 N–H and O–H groups in total. The van der Waals surface area contributed by atoms with Crippen molar-refractivity contribution in [2.45, 2.75) is 13.3 Å². The third-order valence-electron chi connectivity index (χ3n) is 2.85. The molecular weight excluding hydrogens is 250 g/mol. The highest BCUT2D eigenvalue weighted by atomic mass is 19.3. The topological polar surface area (TPSA) is 43.1 Å². The van der Waals surface area contributed by atoms with E-state index in [1.807, 2.05) is 31.2 Å². The first-order valence-electron chi connectivity index (χ1n) is 5.71. The van der Waals surface area contributed by atoms with E-state index < -0.39 is 6.43 Å². The Labute approximate surface area is 107 Å². The number of alkyl halides is 2. The van der Waals surface area contributed by atoms with Crippen LogP contribution < -0.4 is 0 Å². The van der Waals surface area contributed by atoms with E-state index in [1.165, 1.54) is 12.4 Å². The summed E-state index contributed by atoms with van der Waals surface area (Å²) in [6.45, 7) is 1.96. The van der Waals surface area contributed by atoms with Crippen molar-refractivity contribution in [2.75, 3.05) is 0 Å². The number of fused-ring (bicyclic) bond motifs is 1. The van der Waals surface area contributed by atoms with Gasteiger partial charge in [-0.2, -0.15) is 14.6 Å². The minimum absolute atomic E-state index is 0.174. The Hall–Kier alpha value is -2.37. The van der Waals surface area contributed by atoms with Gasteiger partial charge in [0, 0.05) is 5.56 Å². The van der Waals surface area contributed by atoms with E-state index >= 15 is 0 Å². The molecular formula is C13H10F2N4. The maximum absolute atomic E-state index is 13.0. The van der Waals surface area contributed by atoms with Crippen LogP contribution in [0.1, 0.15) is 17.7 Å². The van der Waals surface area contributed by atoms with Gasteiger partial charge in [0.05, 0.1) is 5.69 Å². The quantitative estimate of drug-likeness (QED) is 0.711. The summed E-state index contributed by atoms with van der Waals surface area (Å²) in [5, 5.41) is 3.75. The van der Waals surface area contributed by atoms with Gasteiger partial charge in [0.15, 0.2) is 0 Å². The highest BCUT2D eigenvalue weighted by molar-refractivity contribution is 5.61. The van der Waals surface area contributed by atoms with Crippen LogP contribution in [0.25, 0.3) is 17.0 Å². The van der Waals surface area contributed by atoms with Gasteiger partial charge >= 0.3 is 0 Å². The van der Waals surface area contributed by atoms with Crippen molar-refractivity contribution in [3.63, 3.8) is 0 Å². The molecule has 0 atom stereocenters. The van der Waals surface area contributed by atoms with Crippen molar-refractivity contribution in [1.82, 2.24) is 19.6 Å². The molecule has 2 heterocycles. The van der Waals surface area contributed by atoms with E-state index in [4.69, 9.17) is 0 Å². The van der Waals surface area contributed by atoms with Crippen LogP contribution in [0.3, 0.4) is 0 Å². The number of halogens is 2. The molecule has 0 aliphatic carbocycles. The zero-order valence-electron chi connectivity index (χ0n) is 10.1. The largest absolute Gasteiger partial charge is 0.280 e. The number of nitrogens with zero attached hydrogens (tertiary/aromatic N) is 4. The molecule has 3 rings (SSSR count). The molecule has 0 fully saturated rings. The fraction of sp³-hybridized carbons (Fsp3) is 0.154. The predicted octanol–water partition coefficient (Wildman–Crippen LogP) is 3.04. The van der Waals surface area contributed by atoms with Gasteiger partial charge in [0.25, 0.3) is 12.2 Å². The zero-order chi connectivity index (χ0) is 13.4. The van der Waals surface area contributed by atoms with Gasteiger partial charge in [-0.1, -0.05) is 29.8 Å². The fourth-order valence-corrected chi connectivity index (χ4v) is 1.86. The number of aromatic nitrogens is 4. The molecule has 0 spiro atoms. The van der Waals surface area contributed by atoms with Crippen LogP contribution >= 0.6 is 0 Å². The predicted molar refractivity (Wildman–Crippen MR) is 65.9 cm³/mol. The number of hydrogen-bond acceptors (Lipinski definition) is 3. The fourth-order valence-electron chi connectivity index (χ4n) is 1.86. The van der Waals surface area contributed by atoms with E-state index in [-0.39, 0.29) is 11.5 Å². The van der Waals surface area contributed by atoms with Crippen molar-refractivity contribution in [1.29, 1.82) is 0 Å². The van der Waals surface area contributed by atoms with Gasteiger partial charge in [0.1, 0.15) is 12.0 Å². The summed E-state index contributed by atoms with van der Waals surface area (Å²) < 4.78 is 27.1. The molecule has 0 saturated heterocycles. The molecule has 96 valence electrons. The molecule has 2 aromatic heterocycles. The van der Waals surface area contributed by atoms with Gasteiger partial charge in [-0.05, 0) is 13.0 Å². The average Bonchev–Trinajstić information content (AvgIpc) is 2.86. The average molecular weight is 260 g/mol. The van der Waals surface area contributed by atoms with Gasteiger partial charge in [0.2, 0.25) is 0 Å². The number of benzene rings is 1. The van der Waals surface area contributed by atoms with Gasteiger partial charge < -0.3 is 0 Å². The Balaban J connectivity index is 2.21. The molecule has 0 aliphatic rings. The van der Waals surface area contributed by atoms with E-state index in [9.17, 15) is 8.78 Å². The highest BCUT2D eigenvalue weighted by Crippen LogP contribution is 2.24. The lowest BCUT2D eigenvalue weighted by Crippen LogP contribution is -2.02. The van der Waals surface area contributed by atoms with Crippen LogP contribution in [0.15, 0.2) is 36.7 Å². The van der Waals surface area contributed by atoms with Gasteiger partial charge in [-0.3, -0.25) is 0 Å². The van der Waals surface area contributed by atoms with Crippen molar-refractivity contribution in [2.24, 2.45) is 0 Å². The Bertz CT molecular complexity index is 719. The van der Waals surface area contributed by atoms with E-state index in [0.29, 0.717) is 5.69 Å². The number of hydrogen-bond donors (Lipinski definition) is 0. The lowest BCUT2D eigenvalue weighted by Gasteiger charge is -2.06. The first-order valence-corrected chi connectivity index (χ1v) is 5.71. The molecule has 0 radical (unpaired) electrons. The molecule has 19 heavy (non-hydrogen) atoms. The summed E-state index contributed by atoms with van der Waals surface area (Å²) >= 11 is 0. The molecule has 4 nitrogen and oxygen atoms in total. The summed E-state index contributed by atoms with van der Waals surface area (Å²) in [5.41, 5.74) is 2.13. The molecule has 0 amide bonds. The van der Waals surface area contributed by atoms with Crippen LogP contribution in [-0.2, 0) is 0 Å². The SMILES string of the molecule is Cc1ccc(-c2cc(C(F)F)n3ncnc3n2)cc1. The van der Waals surface area contributed by atoms with E-state index in [0.717, 1.165) is 15.6 Å². The second kappa shape index (κ2) is 4.38. The summed E-state index contributed by atoms with van der Waals surface area (Å²) in [6, 6.07) is 8.86. The second-order valence-electron chi connectivity index (χ2n) is 4.20. The van der Waals surface area contributed by atoms with Gasteiger partial charge in [-0.15, -0.1) is 0 Å². The first kappa shape index (κ1) is 11.7. The van der Waals surface area contributed by atoms with Crippen LogP contribution in [0.4, 0.5) is 8.78 Å². The Kier molecular flexibility index (Phi) is 2.70. The first-order chi connectivity index (χ1) is 9.15. The van der Waals surface area contributed by atoms with Crippen molar-refractivity contribution >= 4 is 5.78 Å². The third-order valence-corrected chi connectivity index (χ3v) is 2.85. The summed E-state index contributed by atoms with van der Waals surface area (Å²) in [6.07, 6.45) is -1.41. The van der Waals surface area contributed by atoms with Crippen LogP contribution in [-0.4, -0.2) is 19.6 Å². The Morgan fingerprint density at radius 3 is 2.58 bits per heavy atom. The number of aryl methyl sites for hydroxylation is 1. The normalized spacial score (nSPS) is 11.4. The zero-order valence-corrected chi connectivity index (χ0v) is 10.1. The molecule has 6 heteroatoms. The maximum atomic E-state index is 13.0. The molecule has 3 aromatic rings. The van der Waals surface area contributed by atoms with Crippen molar-refractivity contribution < 1.29 is 8.78 Å². The van der Waals surface area contributed by atoms with Crippen LogP contribution in [0.5, 0.6) is 0 Å². The van der Waals surface area contributed by atoms with Crippen molar-refractivity contribution in [3.8, 4) is 11.3 Å². The monoisotopic (exact) mass is 260 g/mol. The van der Waals surface area contributed by atoms with Crippen LogP contribution in [0, 0.1) is 6.92 Å². The van der Waals surface area contributed by atoms with Gasteiger partial charge in [-0.25, -0.2) is 13.8 Å². The summed E-state index contributed by atoms with van der Waals surface area (Å²) in [4.78, 5) is 8.11. The minimum atomic E-state index is -2.63. The Morgan fingerprint density at radius 1 is 1.16 bits per heavy atom. The molecule has 0 unspecified atom stereocenters. The van der Waals surface area contributed by atoms with Crippen LogP contribution in [0.2, 0.25) is 0 Å². The number of rotatable bonds is 2. The van der Waals surface area contributed by atoms with E-state index in [2.05, 4.69) is 15.1 Å². The standard InChI is InChI=1S/C13H10F2N4/c1-8-2-4-9(5-3-8)10-6-11(12(14)15)19-13(18-10)16-7-17-19/h2-7,12H,1H3. The highest BCUT2D eigenvalue weighted by Gasteiger charge is 2.16. The third kappa shape index (κ3) is 2.05. The lowest BCUT2D eigenvalue weighted by molar-refractivity contribution is 0.143. The molecule has 0 aliphatic heterocycles. The molecule has 1 aromatic carbocycles. The van der Waals surface area contributed by atoms with E-state index in [1.54, 1.807) is 0 Å². The Morgan fingerprint density at radius 2 is 1.89 bits per heavy atom. The summed E-state index contributed by atoms with van der Waals surface area (Å²) in [7, 11) is 0. The summed E-state index contributed by atoms with van der Waals surface area (Å²) in [5.74, 6) is 0.174.